The molecule has 0 spiro atoms. The lowest BCUT2D eigenvalue weighted by Crippen LogP contribution is -2.54. The van der Waals surface area contributed by atoms with Crippen LogP contribution in [0.4, 0.5) is 0 Å². The highest BCUT2D eigenvalue weighted by atomic mass is 16.4. The first-order chi connectivity index (χ1) is 17.2. The van der Waals surface area contributed by atoms with Crippen LogP contribution in [-0.2, 0) is 29.0 Å². The monoisotopic (exact) mass is 484 g/mol. The molecule has 1 amide bonds. The summed E-state index contributed by atoms with van der Waals surface area (Å²) in [6.07, 6.45) is 0.465. The van der Waals surface area contributed by atoms with E-state index in [0.29, 0.717) is 5.76 Å². The Morgan fingerprint density at radius 1 is 1.06 bits per heavy atom. The molecule has 1 aliphatic rings. The minimum atomic E-state index is -1.06. The number of carboxylic acids is 1. The number of aromatic hydroxyl groups is 1. The smallest absolute Gasteiger partial charge is 0.326 e. The number of nitrogens with two attached hydrogens (primary N) is 1. The maximum absolute atomic E-state index is 13.5. The largest absolute Gasteiger partial charge is 0.508 e. The van der Waals surface area contributed by atoms with E-state index in [9.17, 15) is 19.8 Å². The van der Waals surface area contributed by atoms with Crippen LogP contribution in [-0.4, -0.2) is 39.1 Å². The van der Waals surface area contributed by atoms with Crippen molar-refractivity contribution < 1.29 is 24.2 Å². The summed E-state index contributed by atoms with van der Waals surface area (Å²) < 4.78 is 6.00. The molecule has 2 heterocycles. The standard InChI is InChI=1S/C29H28N2O5/c1-16-9-22(32)10-17(2)23(16)14-24(30)28(33)31-15-21-11-20(8-7-18(21)12-25(31)29(34)35)27-13-19-5-3-4-6-26(19)36-27/h3-11,13,24-25,32H,12,14-15,30H2,1-2H3,(H,34,35)/t24-,25+/m1/s1. The molecule has 2 atom stereocenters. The predicted molar refractivity (Wildman–Crippen MR) is 137 cm³/mol. The fourth-order valence-electron chi connectivity index (χ4n) is 5.13. The van der Waals surface area contributed by atoms with E-state index in [1.165, 1.54) is 4.90 Å². The number of furan rings is 1. The van der Waals surface area contributed by atoms with Gasteiger partial charge in [0, 0.05) is 23.9 Å². The van der Waals surface area contributed by atoms with E-state index in [4.69, 9.17) is 10.2 Å². The van der Waals surface area contributed by atoms with Gasteiger partial charge in [-0.05, 0) is 78.4 Å². The van der Waals surface area contributed by atoms with Crippen molar-refractivity contribution in [3.05, 3.63) is 88.5 Å². The number of carbonyl (C=O) groups is 2. The molecule has 4 N–H and O–H groups in total. The topological polar surface area (TPSA) is 117 Å². The minimum Gasteiger partial charge on any atom is -0.508 e. The van der Waals surface area contributed by atoms with Crippen molar-refractivity contribution in [2.45, 2.75) is 45.3 Å². The summed E-state index contributed by atoms with van der Waals surface area (Å²) in [5, 5.41) is 20.7. The van der Waals surface area contributed by atoms with E-state index in [-0.39, 0.29) is 25.1 Å². The van der Waals surface area contributed by atoms with Crippen LogP contribution in [0, 0.1) is 13.8 Å². The zero-order valence-electron chi connectivity index (χ0n) is 20.2. The highest BCUT2D eigenvalue weighted by Gasteiger charge is 2.37. The van der Waals surface area contributed by atoms with E-state index in [1.807, 2.05) is 62.4 Å². The van der Waals surface area contributed by atoms with Crippen molar-refractivity contribution in [2.24, 2.45) is 5.73 Å². The first-order valence-electron chi connectivity index (χ1n) is 11.9. The van der Waals surface area contributed by atoms with Crippen LogP contribution in [0.25, 0.3) is 22.3 Å². The fourth-order valence-corrected chi connectivity index (χ4v) is 5.13. The van der Waals surface area contributed by atoms with Crippen LogP contribution in [0.3, 0.4) is 0 Å². The number of nitrogens with zero attached hydrogens (tertiary/aromatic N) is 1. The Bertz CT molecular complexity index is 1430. The van der Waals surface area contributed by atoms with E-state index in [1.54, 1.807) is 12.1 Å². The zero-order valence-corrected chi connectivity index (χ0v) is 20.2. The molecule has 3 aromatic carbocycles. The lowest BCUT2D eigenvalue weighted by molar-refractivity contribution is -0.152. The van der Waals surface area contributed by atoms with Gasteiger partial charge in [0.1, 0.15) is 23.1 Å². The molecule has 4 aromatic rings. The molecule has 0 fully saturated rings. The number of fused-ring (bicyclic) bond motifs is 2. The fraction of sp³-hybridized carbons (Fsp3) is 0.241. The maximum Gasteiger partial charge on any atom is 0.326 e. The average molecular weight is 485 g/mol. The Morgan fingerprint density at radius 2 is 1.78 bits per heavy atom. The van der Waals surface area contributed by atoms with Crippen molar-refractivity contribution in [1.82, 2.24) is 4.90 Å². The van der Waals surface area contributed by atoms with E-state index < -0.39 is 24.0 Å². The quantitative estimate of drug-likeness (QED) is 0.388. The number of carbonyl (C=O) groups excluding carboxylic acids is 1. The van der Waals surface area contributed by atoms with Gasteiger partial charge in [-0.3, -0.25) is 4.79 Å². The second-order valence-corrected chi connectivity index (χ2v) is 9.53. The molecule has 0 bridgehead atoms. The van der Waals surface area contributed by atoms with E-state index in [0.717, 1.165) is 44.3 Å². The van der Waals surface area contributed by atoms with Crippen LogP contribution >= 0.6 is 0 Å². The molecule has 184 valence electrons. The van der Waals surface area contributed by atoms with Crippen molar-refractivity contribution in [3.8, 4) is 17.1 Å². The number of amides is 1. The Hall–Kier alpha value is -4.10. The zero-order chi connectivity index (χ0) is 25.6. The normalized spacial score (nSPS) is 16.1. The molecule has 5 rings (SSSR count). The number of benzene rings is 3. The highest BCUT2D eigenvalue weighted by Crippen LogP contribution is 2.32. The molecule has 0 saturated heterocycles. The van der Waals surface area contributed by atoms with Gasteiger partial charge >= 0.3 is 5.97 Å². The van der Waals surface area contributed by atoms with Gasteiger partial charge in [-0.25, -0.2) is 4.79 Å². The summed E-state index contributed by atoms with van der Waals surface area (Å²) in [5.74, 6) is -0.590. The summed E-state index contributed by atoms with van der Waals surface area (Å²) in [6, 6.07) is 16.9. The minimum absolute atomic E-state index is 0.153. The summed E-state index contributed by atoms with van der Waals surface area (Å²) >= 11 is 0. The number of carboxylic acid groups (broad SMARTS) is 1. The predicted octanol–water partition coefficient (Wildman–Crippen LogP) is 4.33. The third-order valence-corrected chi connectivity index (χ3v) is 7.04. The SMILES string of the molecule is Cc1cc(O)cc(C)c1C[C@@H](N)C(=O)N1Cc2cc(-c3cc4ccccc4o3)ccc2C[C@H]1C(=O)O. The highest BCUT2D eigenvalue weighted by molar-refractivity contribution is 5.88. The molecule has 1 aliphatic heterocycles. The molecule has 0 unspecified atom stereocenters. The first kappa shape index (κ1) is 23.6. The lowest BCUT2D eigenvalue weighted by Gasteiger charge is -2.36. The second-order valence-electron chi connectivity index (χ2n) is 9.53. The molecule has 0 radical (unpaired) electrons. The number of hydrogen-bond donors (Lipinski definition) is 3. The molecule has 0 saturated carbocycles. The number of hydrogen-bond acceptors (Lipinski definition) is 5. The Morgan fingerprint density at radius 3 is 2.47 bits per heavy atom. The average Bonchev–Trinajstić information content (AvgIpc) is 3.28. The maximum atomic E-state index is 13.5. The second kappa shape index (κ2) is 9.17. The van der Waals surface area contributed by atoms with E-state index in [2.05, 4.69) is 0 Å². The molecule has 7 heteroatoms. The summed E-state index contributed by atoms with van der Waals surface area (Å²) in [5.41, 5.74) is 12.3. The Labute approximate surface area is 208 Å². The molecule has 1 aromatic heterocycles. The molecule has 36 heavy (non-hydrogen) atoms. The molecular formula is C29H28N2O5. The number of aliphatic carboxylic acids is 1. The van der Waals surface area contributed by atoms with Crippen LogP contribution in [0.2, 0.25) is 0 Å². The third-order valence-electron chi connectivity index (χ3n) is 7.04. The summed E-state index contributed by atoms with van der Waals surface area (Å²) in [7, 11) is 0. The number of para-hydroxylation sites is 1. The van der Waals surface area contributed by atoms with Crippen molar-refractivity contribution >= 4 is 22.8 Å². The van der Waals surface area contributed by atoms with Gasteiger partial charge in [0.2, 0.25) is 5.91 Å². The van der Waals surface area contributed by atoms with Gasteiger partial charge in [-0.2, -0.15) is 0 Å². The Balaban J connectivity index is 1.43. The van der Waals surface area contributed by atoms with Gasteiger partial charge in [-0.1, -0.05) is 30.3 Å². The van der Waals surface area contributed by atoms with Crippen molar-refractivity contribution in [1.29, 1.82) is 0 Å². The summed E-state index contributed by atoms with van der Waals surface area (Å²) in [6.45, 7) is 3.87. The van der Waals surface area contributed by atoms with Crippen LogP contribution in [0.1, 0.15) is 27.8 Å². The molecular weight excluding hydrogens is 456 g/mol. The lowest BCUT2D eigenvalue weighted by atomic mass is 9.90. The van der Waals surface area contributed by atoms with Gasteiger partial charge < -0.3 is 25.3 Å². The number of phenolic OH excluding ortho intramolecular Hbond substituents is 1. The van der Waals surface area contributed by atoms with Crippen molar-refractivity contribution in [3.63, 3.8) is 0 Å². The number of rotatable bonds is 5. The van der Waals surface area contributed by atoms with Crippen molar-refractivity contribution in [2.75, 3.05) is 0 Å². The van der Waals surface area contributed by atoms with Gasteiger partial charge in [-0.15, -0.1) is 0 Å². The third kappa shape index (κ3) is 4.33. The van der Waals surface area contributed by atoms with Gasteiger partial charge in [0.25, 0.3) is 0 Å². The summed E-state index contributed by atoms with van der Waals surface area (Å²) in [4.78, 5) is 27.0. The first-order valence-corrected chi connectivity index (χ1v) is 11.9. The van der Waals surface area contributed by atoms with E-state index >= 15 is 0 Å². The number of aryl methyl sites for hydroxylation is 2. The van der Waals surface area contributed by atoms with Gasteiger partial charge in [0.05, 0.1) is 6.04 Å². The Kier molecular flexibility index (Phi) is 6.02. The van der Waals surface area contributed by atoms with Crippen LogP contribution in [0.15, 0.2) is 65.1 Å². The number of phenols is 1. The van der Waals surface area contributed by atoms with Crippen LogP contribution < -0.4 is 5.73 Å². The van der Waals surface area contributed by atoms with Crippen LogP contribution in [0.5, 0.6) is 5.75 Å². The molecule has 7 nitrogen and oxygen atoms in total. The van der Waals surface area contributed by atoms with Gasteiger partial charge in [0.15, 0.2) is 0 Å². The molecule has 0 aliphatic carbocycles.